The van der Waals surface area contributed by atoms with Crippen LogP contribution in [0.2, 0.25) is 5.02 Å². The second kappa shape index (κ2) is 11.6. The number of hydrogen-bond donors (Lipinski definition) is 1. The van der Waals surface area contributed by atoms with E-state index in [1.807, 2.05) is 18.2 Å². The molecule has 5 rings (SSSR count). The Bertz CT molecular complexity index is 1530. The fourth-order valence-electron chi connectivity index (χ4n) is 4.69. The Hall–Kier alpha value is -3.41. The molecule has 0 unspecified atom stereocenters. The maximum absolute atomic E-state index is 13.0. The van der Waals surface area contributed by atoms with Gasteiger partial charge in [0.1, 0.15) is 18.1 Å². The molecule has 2 aliphatic rings. The van der Waals surface area contributed by atoms with E-state index in [9.17, 15) is 18.0 Å². The minimum Gasteiger partial charge on any atom is -0.487 e. The molecule has 2 amide bonds. The maximum Gasteiger partial charge on any atom is 0.269 e. The minimum absolute atomic E-state index is 0.144. The Morgan fingerprint density at radius 1 is 1.05 bits per heavy atom. The van der Waals surface area contributed by atoms with Crippen LogP contribution in [0.25, 0.3) is 0 Å². The molecular formula is C28H32ClN5O5S. The van der Waals surface area contributed by atoms with Gasteiger partial charge in [0.05, 0.1) is 17.0 Å². The van der Waals surface area contributed by atoms with Gasteiger partial charge in [0, 0.05) is 51.3 Å². The van der Waals surface area contributed by atoms with Gasteiger partial charge >= 0.3 is 0 Å². The number of hydrogen-bond acceptors (Lipinski definition) is 6. The van der Waals surface area contributed by atoms with E-state index < -0.39 is 10.0 Å². The number of nitrogens with zero attached hydrogens (tertiary/aromatic N) is 4. The van der Waals surface area contributed by atoms with Crippen molar-refractivity contribution in [1.82, 2.24) is 24.3 Å². The first-order valence-electron chi connectivity index (χ1n) is 13.1. The molecule has 2 aromatic carbocycles. The quantitative estimate of drug-likeness (QED) is 0.413. The summed E-state index contributed by atoms with van der Waals surface area (Å²) in [4.78, 5) is 27.3. The standard InChI is InChI=1S/C28H32ClN5O5S/c1-32-25(16-24(31-32)21-7-8-21)27(35)30-17-19-6-9-26(23(29)15-19)39-18-20-4-3-5-22(14-20)28(36)33-10-12-34(13-11-33)40(2,37)38/h3-6,9,14-16,21H,7-8,10-13,17-18H2,1-2H3,(H,30,35). The van der Waals surface area contributed by atoms with Gasteiger partial charge in [0.15, 0.2) is 0 Å². The SMILES string of the molecule is Cn1nc(C2CC2)cc1C(=O)NCc1ccc(OCc2cccc(C(=O)N3CCN(S(C)(=O)=O)CC3)c2)c(Cl)c1. The van der Waals surface area contributed by atoms with Gasteiger partial charge in [-0.2, -0.15) is 9.40 Å². The van der Waals surface area contributed by atoms with Crippen molar-refractivity contribution in [2.75, 3.05) is 32.4 Å². The average Bonchev–Trinajstić information content (AvgIpc) is 3.71. The molecule has 1 aromatic heterocycles. The first-order valence-corrected chi connectivity index (χ1v) is 15.4. The topological polar surface area (TPSA) is 114 Å². The van der Waals surface area contributed by atoms with Crippen LogP contribution < -0.4 is 10.1 Å². The van der Waals surface area contributed by atoms with Crippen molar-refractivity contribution in [1.29, 1.82) is 0 Å². The lowest BCUT2D eigenvalue weighted by Gasteiger charge is -2.33. The van der Waals surface area contributed by atoms with Crippen LogP contribution in [0.15, 0.2) is 48.5 Å². The summed E-state index contributed by atoms with van der Waals surface area (Å²) in [6.07, 6.45) is 3.43. The normalized spacial score (nSPS) is 16.1. The Morgan fingerprint density at radius 2 is 1.80 bits per heavy atom. The molecule has 0 spiro atoms. The lowest BCUT2D eigenvalue weighted by atomic mass is 10.1. The number of sulfonamides is 1. The lowest BCUT2D eigenvalue weighted by molar-refractivity contribution is 0.0698. The van der Waals surface area contributed by atoms with E-state index in [4.69, 9.17) is 16.3 Å². The van der Waals surface area contributed by atoms with Gasteiger partial charge < -0.3 is 15.0 Å². The van der Waals surface area contributed by atoms with Crippen LogP contribution >= 0.6 is 11.6 Å². The third-order valence-electron chi connectivity index (χ3n) is 7.14. The second-order valence-electron chi connectivity index (χ2n) is 10.2. The molecule has 12 heteroatoms. The first-order chi connectivity index (χ1) is 19.1. The molecule has 1 aliphatic heterocycles. The van der Waals surface area contributed by atoms with E-state index in [2.05, 4.69) is 10.4 Å². The van der Waals surface area contributed by atoms with E-state index in [0.29, 0.717) is 47.6 Å². The molecule has 3 aromatic rings. The molecule has 0 bridgehead atoms. The zero-order valence-corrected chi connectivity index (χ0v) is 24.0. The van der Waals surface area contributed by atoms with Gasteiger partial charge in [0.25, 0.3) is 11.8 Å². The van der Waals surface area contributed by atoms with E-state index in [1.54, 1.807) is 47.0 Å². The fourth-order valence-corrected chi connectivity index (χ4v) is 5.77. The van der Waals surface area contributed by atoms with Gasteiger partial charge in [-0.15, -0.1) is 0 Å². The monoisotopic (exact) mass is 585 g/mol. The summed E-state index contributed by atoms with van der Waals surface area (Å²) >= 11 is 6.47. The minimum atomic E-state index is -3.26. The number of halogens is 1. The van der Waals surface area contributed by atoms with E-state index in [0.717, 1.165) is 29.7 Å². The molecule has 0 radical (unpaired) electrons. The van der Waals surface area contributed by atoms with Crippen LogP contribution in [-0.4, -0.2) is 71.7 Å². The average molecular weight is 586 g/mol. The number of nitrogens with one attached hydrogen (secondary N) is 1. The zero-order valence-electron chi connectivity index (χ0n) is 22.5. The molecule has 10 nitrogen and oxygen atoms in total. The van der Waals surface area contributed by atoms with Crippen LogP contribution in [0.5, 0.6) is 5.75 Å². The zero-order chi connectivity index (χ0) is 28.4. The smallest absolute Gasteiger partial charge is 0.269 e. The number of carbonyl (C=O) groups excluding carboxylic acids is 2. The van der Waals surface area contributed by atoms with E-state index >= 15 is 0 Å². The molecule has 212 valence electrons. The molecule has 40 heavy (non-hydrogen) atoms. The molecule has 2 heterocycles. The number of aromatic nitrogens is 2. The van der Waals surface area contributed by atoms with Crippen LogP contribution in [-0.2, 0) is 30.2 Å². The highest BCUT2D eigenvalue weighted by molar-refractivity contribution is 7.88. The second-order valence-corrected chi connectivity index (χ2v) is 12.6. The highest BCUT2D eigenvalue weighted by Gasteiger charge is 2.28. The summed E-state index contributed by atoms with van der Waals surface area (Å²) in [5.74, 6) is 0.636. The van der Waals surface area contributed by atoms with Gasteiger partial charge in [-0.05, 0) is 54.3 Å². The van der Waals surface area contributed by atoms with Crippen molar-refractivity contribution in [3.05, 3.63) is 81.6 Å². The molecule has 2 fully saturated rings. The Balaban J connectivity index is 1.14. The highest BCUT2D eigenvalue weighted by atomic mass is 35.5. The Morgan fingerprint density at radius 3 is 2.48 bits per heavy atom. The van der Waals surface area contributed by atoms with Crippen LogP contribution in [0, 0.1) is 0 Å². The summed E-state index contributed by atoms with van der Waals surface area (Å²) in [6.45, 7) is 1.79. The molecule has 1 saturated carbocycles. The van der Waals surface area contributed by atoms with Crippen LogP contribution in [0.4, 0.5) is 0 Å². The van der Waals surface area contributed by atoms with E-state index in [1.165, 1.54) is 10.6 Å². The summed E-state index contributed by atoms with van der Waals surface area (Å²) in [5.41, 5.74) is 3.65. The van der Waals surface area contributed by atoms with Crippen molar-refractivity contribution in [2.45, 2.75) is 31.9 Å². The van der Waals surface area contributed by atoms with Crippen molar-refractivity contribution >= 4 is 33.4 Å². The third-order valence-corrected chi connectivity index (χ3v) is 8.74. The first kappa shape index (κ1) is 28.1. The summed E-state index contributed by atoms with van der Waals surface area (Å²) in [7, 11) is -1.49. The Labute approximate surface area is 238 Å². The number of carbonyl (C=O) groups is 2. The summed E-state index contributed by atoms with van der Waals surface area (Å²) in [6, 6.07) is 14.4. The largest absolute Gasteiger partial charge is 0.487 e. The summed E-state index contributed by atoms with van der Waals surface area (Å²) < 4.78 is 32.4. The fraction of sp³-hybridized carbons (Fsp3) is 0.393. The number of benzene rings is 2. The number of ether oxygens (including phenoxy) is 1. The van der Waals surface area contributed by atoms with Crippen molar-refractivity contribution < 1.29 is 22.7 Å². The summed E-state index contributed by atoms with van der Waals surface area (Å²) in [5, 5.41) is 7.78. The van der Waals surface area contributed by atoms with Gasteiger partial charge in [-0.1, -0.05) is 29.8 Å². The molecule has 1 saturated heterocycles. The highest BCUT2D eigenvalue weighted by Crippen LogP contribution is 2.39. The maximum atomic E-state index is 13.0. The number of amides is 2. The van der Waals surface area contributed by atoms with Crippen molar-refractivity contribution in [3.8, 4) is 5.75 Å². The number of piperazine rings is 1. The van der Waals surface area contributed by atoms with Crippen molar-refractivity contribution in [3.63, 3.8) is 0 Å². The van der Waals surface area contributed by atoms with Gasteiger partial charge in [-0.3, -0.25) is 14.3 Å². The van der Waals surface area contributed by atoms with Crippen molar-refractivity contribution in [2.24, 2.45) is 7.05 Å². The Kier molecular flexibility index (Phi) is 8.16. The molecule has 1 N–H and O–H groups in total. The molecular weight excluding hydrogens is 554 g/mol. The number of rotatable bonds is 9. The number of aryl methyl sites for hydroxylation is 1. The van der Waals surface area contributed by atoms with Gasteiger partial charge in [0.2, 0.25) is 10.0 Å². The van der Waals surface area contributed by atoms with E-state index in [-0.39, 0.29) is 31.5 Å². The predicted octanol–water partition coefficient (Wildman–Crippen LogP) is 3.18. The molecule has 0 atom stereocenters. The third kappa shape index (κ3) is 6.65. The van der Waals surface area contributed by atoms with Crippen LogP contribution in [0.1, 0.15) is 56.4 Å². The lowest BCUT2D eigenvalue weighted by Crippen LogP contribution is -2.50. The van der Waals surface area contributed by atoms with Crippen LogP contribution in [0.3, 0.4) is 0 Å². The van der Waals surface area contributed by atoms with Gasteiger partial charge in [-0.25, -0.2) is 8.42 Å². The predicted molar refractivity (Wildman–Crippen MR) is 151 cm³/mol. The molecule has 1 aliphatic carbocycles.